The van der Waals surface area contributed by atoms with E-state index in [1.807, 2.05) is 52.0 Å². The minimum absolute atomic E-state index is 0.0236. The molecule has 7 nitrogen and oxygen atoms in total. The van der Waals surface area contributed by atoms with E-state index in [0.717, 1.165) is 32.3 Å². The first-order valence-corrected chi connectivity index (χ1v) is 14.6. The molecule has 2 heterocycles. The molecule has 228 valence electrons. The van der Waals surface area contributed by atoms with E-state index in [1.165, 1.54) is 11.3 Å². The normalized spacial score (nSPS) is 13.4. The third kappa shape index (κ3) is 8.32. The number of carbonyl (C=O) groups excluding carboxylic acids is 1. The number of amides is 1. The van der Waals surface area contributed by atoms with Crippen molar-refractivity contribution < 1.29 is 27.9 Å². The van der Waals surface area contributed by atoms with Crippen molar-refractivity contribution in [1.29, 1.82) is 0 Å². The van der Waals surface area contributed by atoms with Crippen molar-refractivity contribution in [2.24, 2.45) is 5.92 Å². The number of alkyl halides is 3. The summed E-state index contributed by atoms with van der Waals surface area (Å²) in [6.07, 6.45) is -3.80. The second-order valence-electron chi connectivity index (χ2n) is 11.3. The van der Waals surface area contributed by atoms with Crippen LogP contribution in [-0.2, 0) is 22.2 Å². The number of likely N-dealkylation sites (N-methyl/N-ethyl adjacent to an activating group) is 1. The number of aromatic nitrogens is 1. The van der Waals surface area contributed by atoms with E-state index in [1.54, 1.807) is 24.4 Å². The minimum atomic E-state index is -4.73. The van der Waals surface area contributed by atoms with Crippen LogP contribution < -0.4 is 10.9 Å². The minimum Gasteiger partial charge on any atom is -0.481 e. The number of aliphatic carboxylic acids is 1. The molecule has 2 atom stereocenters. The molecule has 0 aliphatic carbocycles. The lowest BCUT2D eigenvalue weighted by atomic mass is 9.98. The highest BCUT2D eigenvalue weighted by Crippen LogP contribution is 2.36. The van der Waals surface area contributed by atoms with Crippen molar-refractivity contribution in [3.8, 4) is 10.4 Å². The molecule has 2 N–H and O–H groups in total. The SMILES string of the molecule is Cc1cccc(C)c1-c1cc([C@@H](CC(=O)O)NC(=O)[C@@H](CC(C)C)n2cc(CCN(C)C)c(C(F)(F)F)cc2=O)cs1. The first-order chi connectivity index (χ1) is 19.6. The van der Waals surface area contributed by atoms with Crippen LogP contribution >= 0.6 is 11.3 Å². The summed E-state index contributed by atoms with van der Waals surface area (Å²) in [6, 6.07) is 6.31. The lowest BCUT2D eigenvalue weighted by Gasteiger charge is -2.26. The fourth-order valence-electron chi connectivity index (χ4n) is 5.00. The number of pyridine rings is 1. The van der Waals surface area contributed by atoms with Gasteiger partial charge in [-0.05, 0) is 86.0 Å². The van der Waals surface area contributed by atoms with Crippen molar-refractivity contribution in [2.75, 3.05) is 20.6 Å². The van der Waals surface area contributed by atoms with Crippen LogP contribution in [0.2, 0.25) is 0 Å². The van der Waals surface area contributed by atoms with E-state index >= 15 is 0 Å². The number of halogens is 3. The van der Waals surface area contributed by atoms with Crippen LogP contribution in [0, 0.1) is 19.8 Å². The van der Waals surface area contributed by atoms with Crippen LogP contribution in [0.4, 0.5) is 13.2 Å². The maximum atomic E-state index is 13.8. The Balaban J connectivity index is 2.02. The summed E-state index contributed by atoms with van der Waals surface area (Å²) in [5, 5.41) is 14.3. The molecule has 0 spiro atoms. The molecule has 0 fully saturated rings. The third-order valence-electron chi connectivity index (χ3n) is 7.07. The number of nitrogens with zero attached hydrogens (tertiary/aromatic N) is 2. The molecule has 2 aromatic heterocycles. The van der Waals surface area contributed by atoms with Gasteiger partial charge in [-0.2, -0.15) is 13.2 Å². The molecule has 1 aromatic carbocycles. The number of hydrogen-bond acceptors (Lipinski definition) is 5. The van der Waals surface area contributed by atoms with E-state index < -0.39 is 47.7 Å². The first-order valence-electron chi connectivity index (χ1n) is 13.7. The highest BCUT2D eigenvalue weighted by Gasteiger charge is 2.35. The van der Waals surface area contributed by atoms with Crippen LogP contribution in [0.15, 0.2) is 46.7 Å². The number of carboxylic acids is 1. The topological polar surface area (TPSA) is 91.6 Å². The smallest absolute Gasteiger partial charge is 0.416 e. The van der Waals surface area contributed by atoms with E-state index in [2.05, 4.69) is 5.32 Å². The average Bonchev–Trinajstić information content (AvgIpc) is 3.34. The summed E-state index contributed by atoms with van der Waals surface area (Å²) in [5.74, 6) is -1.84. The van der Waals surface area contributed by atoms with Crippen molar-refractivity contribution in [3.05, 3.63) is 80.1 Å². The van der Waals surface area contributed by atoms with Crippen LogP contribution in [0.5, 0.6) is 0 Å². The molecule has 3 aromatic rings. The molecule has 0 saturated carbocycles. The van der Waals surface area contributed by atoms with E-state index in [9.17, 15) is 32.7 Å². The molecular weight excluding hydrogens is 567 g/mol. The maximum Gasteiger partial charge on any atom is 0.416 e. The highest BCUT2D eigenvalue weighted by atomic mass is 32.1. The summed E-state index contributed by atoms with van der Waals surface area (Å²) < 4.78 is 42.5. The first kappa shape index (κ1) is 33.1. The van der Waals surface area contributed by atoms with Crippen LogP contribution in [-0.4, -0.2) is 47.1 Å². The second-order valence-corrected chi connectivity index (χ2v) is 12.2. The molecule has 0 bridgehead atoms. The van der Waals surface area contributed by atoms with Gasteiger partial charge in [0.15, 0.2) is 0 Å². The Morgan fingerprint density at radius 1 is 1.12 bits per heavy atom. The summed E-state index contributed by atoms with van der Waals surface area (Å²) >= 11 is 1.43. The van der Waals surface area contributed by atoms with Gasteiger partial charge < -0.3 is 19.9 Å². The van der Waals surface area contributed by atoms with Crippen LogP contribution in [0.1, 0.15) is 66.6 Å². The Kier molecular flexibility index (Phi) is 10.8. The number of carbonyl (C=O) groups is 2. The number of hydrogen-bond donors (Lipinski definition) is 2. The molecule has 1 amide bonds. The van der Waals surface area contributed by atoms with Gasteiger partial charge in [-0.15, -0.1) is 11.3 Å². The average molecular weight is 606 g/mol. The Bertz CT molecular complexity index is 1460. The third-order valence-corrected chi connectivity index (χ3v) is 8.04. The molecular formula is C31H38F3N3O4S. The molecule has 42 heavy (non-hydrogen) atoms. The van der Waals surface area contributed by atoms with Gasteiger partial charge in [0.1, 0.15) is 6.04 Å². The summed E-state index contributed by atoms with van der Waals surface area (Å²) in [4.78, 5) is 41.3. The number of aryl methyl sites for hydroxylation is 2. The van der Waals surface area contributed by atoms with E-state index in [-0.39, 0.29) is 24.3 Å². The van der Waals surface area contributed by atoms with Gasteiger partial charge in [0.25, 0.3) is 5.56 Å². The zero-order valence-electron chi connectivity index (χ0n) is 24.7. The molecule has 0 radical (unpaired) electrons. The van der Waals surface area contributed by atoms with Gasteiger partial charge in [-0.1, -0.05) is 32.0 Å². The van der Waals surface area contributed by atoms with Crippen LogP contribution in [0.25, 0.3) is 10.4 Å². The second kappa shape index (κ2) is 13.7. The molecule has 0 unspecified atom stereocenters. The molecule has 0 aliphatic heterocycles. The monoisotopic (exact) mass is 605 g/mol. The molecule has 3 rings (SSSR count). The van der Waals surface area contributed by atoms with Gasteiger partial charge in [-0.25, -0.2) is 0 Å². The predicted molar refractivity (Wildman–Crippen MR) is 159 cm³/mol. The molecule has 11 heteroatoms. The zero-order chi connectivity index (χ0) is 31.4. The molecule has 0 saturated heterocycles. The summed E-state index contributed by atoms with van der Waals surface area (Å²) in [5.41, 5.74) is 1.71. The summed E-state index contributed by atoms with van der Waals surface area (Å²) in [7, 11) is 3.47. The Morgan fingerprint density at radius 2 is 1.76 bits per heavy atom. The zero-order valence-corrected chi connectivity index (χ0v) is 25.5. The fourth-order valence-corrected chi connectivity index (χ4v) is 6.14. The lowest BCUT2D eigenvalue weighted by molar-refractivity contribution is -0.139. The van der Waals surface area contributed by atoms with E-state index in [4.69, 9.17) is 0 Å². The molecule has 0 aliphatic rings. The van der Waals surface area contributed by atoms with E-state index in [0.29, 0.717) is 18.2 Å². The Hall–Kier alpha value is -3.44. The largest absolute Gasteiger partial charge is 0.481 e. The standard InChI is InChI=1S/C31H38F3N3O4S/c1-18(2)12-25(37-16-21(10-11-36(5)6)23(14-27(37)38)31(32,33)34)30(41)35-24(15-28(39)40)22-13-26(42-17-22)29-19(3)8-7-9-20(29)4/h7-9,13-14,16-18,24-25H,10-12,15H2,1-6H3,(H,35,41)(H,39,40)/t24-,25-/m1/s1. The Labute approximate surface area is 248 Å². The van der Waals surface area contributed by atoms with Gasteiger partial charge in [0, 0.05) is 23.7 Å². The number of benzene rings is 1. The van der Waals surface area contributed by atoms with Gasteiger partial charge in [0.2, 0.25) is 5.91 Å². The van der Waals surface area contributed by atoms with Crippen molar-refractivity contribution in [3.63, 3.8) is 0 Å². The Morgan fingerprint density at radius 3 is 2.31 bits per heavy atom. The van der Waals surface area contributed by atoms with Crippen molar-refractivity contribution >= 4 is 23.2 Å². The van der Waals surface area contributed by atoms with Crippen molar-refractivity contribution in [1.82, 2.24) is 14.8 Å². The number of nitrogens with one attached hydrogen (secondary N) is 1. The van der Waals surface area contributed by atoms with Gasteiger partial charge in [-0.3, -0.25) is 14.4 Å². The van der Waals surface area contributed by atoms with Gasteiger partial charge in [0.05, 0.1) is 18.0 Å². The van der Waals surface area contributed by atoms with Crippen LogP contribution in [0.3, 0.4) is 0 Å². The quantitative estimate of drug-likeness (QED) is 0.255. The number of carboxylic acid groups (broad SMARTS) is 1. The van der Waals surface area contributed by atoms with Gasteiger partial charge >= 0.3 is 12.1 Å². The fraction of sp³-hybridized carbons (Fsp3) is 0.452. The summed E-state index contributed by atoms with van der Waals surface area (Å²) in [6.45, 7) is 7.97. The predicted octanol–water partition coefficient (Wildman–Crippen LogP) is 6.24. The maximum absolute atomic E-state index is 13.8. The number of rotatable bonds is 12. The van der Waals surface area contributed by atoms with Crippen molar-refractivity contribution in [2.45, 2.75) is 65.2 Å². The highest BCUT2D eigenvalue weighted by molar-refractivity contribution is 7.13. The lowest BCUT2D eigenvalue weighted by Crippen LogP contribution is -2.40. The number of thiophene rings is 1.